The van der Waals surface area contributed by atoms with Crippen molar-refractivity contribution in [2.75, 3.05) is 0 Å². The van der Waals surface area contributed by atoms with E-state index in [-0.39, 0.29) is 11.9 Å². The van der Waals surface area contributed by atoms with E-state index < -0.39 is 6.10 Å². The molecule has 3 rings (SSSR count). The molecule has 0 aliphatic heterocycles. The molecular weight excluding hydrogens is 310 g/mol. The first-order valence-electron chi connectivity index (χ1n) is 9.08. The van der Waals surface area contributed by atoms with Gasteiger partial charge >= 0.3 is 0 Å². The molecule has 1 aliphatic carbocycles. The van der Waals surface area contributed by atoms with Crippen LogP contribution >= 0.6 is 0 Å². The highest BCUT2D eigenvalue weighted by molar-refractivity contribution is 5.81. The first kappa shape index (κ1) is 17.5. The van der Waals surface area contributed by atoms with Crippen molar-refractivity contribution in [3.8, 4) is 5.75 Å². The minimum Gasteiger partial charge on any atom is -0.481 e. The lowest BCUT2D eigenvalue weighted by atomic mass is 9.87. The minimum absolute atomic E-state index is 0.0553. The Labute approximate surface area is 150 Å². The van der Waals surface area contributed by atoms with E-state index >= 15 is 0 Å². The molecule has 0 fully saturated rings. The fourth-order valence-corrected chi connectivity index (χ4v) is 3.56. The maximum atomic E-state index is 12.7. The molecule has 0 saturated carbocycles. The van der Waals surface area contributed by atoms with Gasteiger partial charge in [0, 0.05) is 0 Å². The fourth-order valence-electron chi connectivity index (χ4n) is 3.56. The lowest BCUT2D eigenvalue weighted by molar-refractivity contribution is -0.128. The summed E-state index contributed by atoms with van der Waals surface area (Å²) < 4.78 is 5.99. The van der Waals surface area contributed by atoms with Crippen LogP contribution in [0.3, 0.4) is 0 Å². The molecule has 0 radical (unpaired) electrons. The summed E-state index contributed by atoms with van der Waals surface area (Å²) in [7, 11) is 0. The summed E-state index contributed by atoms with van der Waals surface area (Å²) in [5, 5.41) is 3.18. The normalized spacial score (nSPS) is 17.5. The SMILES string of the molecule is Cc1cc(C)c(C)c(O[C@@H](C)C(=O)N[C@H]2CCCc3ccccc32)c1. The highest BCUT2D eigenvalue weighted by Gasteiger charge is 2.24. The quantitative estimate of drug-likeness (QED) is 0.887. The molecule has 2 atom stereocenters. The van der Waals surface area contributed by atoms with E-state index in [1.807, 2.05) is 32.9 Å². The summed E-state index contributed by atoms with van der Waals surface area (Å²) in [4.78, 5) is 12.7. The summed E-state index contributed by atoms with van der Waals surface area (Å²) >= 11 is 0. The van der Waals surface area contributed by atoms with Crippen LogP contribution < -0.4 is 10.1 Å². The first-order chi connectivity index (χ1) is 12.0. The Morgan fingerprint density at radius 1 is 1.20 bits per heavy atom. The molecule has 1 N–H and O–H groups in total. The summed E-state index contributed by atoms with van der Waals surface area (Å²) in [6.45, 7) is 7.97. The summed E-state index contributed by atoms with van der Waals surface area (Å²) in [6.07, 6.45) is 2.66. The third-order valence-corrected chi connectivity index (χ3v) is 5.12. The molecule has 0 heterocycles. The molecule has 2 aromatic rings. The second kappa shape index (κ2) is 7.30. The number of amides is 1. The molecule has 2 aromatic carbocycles. The number of nitrogens with one attached hydrogen (secondary N) is 1. The van der Waals surface area contributed by atoms with Gasteiger partial charge in [-0.1, -0.05) is 30.3 Å². The van der Waals surface area contributed by atoms with Crippen molar-refractivity contribution in [3.05, 3.63) is 64.2 Å². The summed E-state index contributed by atoms with van der Waals surface area (Å²) in [5.74, 6) is 0.740. The van der Waals surface area contributed by atoms with E-state index in [2.05, 4.69) is 36.5 Å². The van der Waals surface area contributed by atoms with E-state index in [1.165, 1.54) is 16.7 Å². The van der Waals surface area contributed by atoms with E-state index in [0.29, 0.717) is 0 Å². The molecule has 0 saturated heterocycles. The van der Waals surface area contributed by atoms with Crippen molar-refractivity contribution < 1.29 is 9.53 Å². The van der Waals surface area contributed by atoms with Gasteiger partial charge in [0.2, 0.25) is 0 Å². The molecule has 0 spiro atoms. The van der Waals surface area contributed by atoms with Crippen molar-refractivity contribution in [2.24, 2.45) is 0 Å². The molecule has 0 aromatic heterocycles. The maximum Gasteiger partial charge on any atom is 0.261 e. The summed E-state index contributed by atoms with van der Waals surface area (Å²) in [6, 6.07) is 12.6. The number of hydrogen-bond donors (Lipinski definition) is 1. The number of fused-ring (bicyclic) bond motifs is 1. The fraction of sp³-hybridized carbons (Fsp3) is 0.409. The minimum atomic E-state index is -0.519. The summed E-state index contributed by atoms with van der Waals surface area (Å²) in [5.41, 5.74) is 6.01. The van der Waals surface area contributed by atoms with E-state index in [9.17, 15) is 4.79 Å². The molecule has 1 amide bonds. The zero-order valence-electron chi connectivity index (χ0n) is 15.6. The second-order valence-electron chi connectivity index (χ2n) is 7.12. The van der Waals surface area contributed by atoms with E-state index in [0.717, 1.165) is 36.1 Å². The van der Waals surface area contributed by atoms with Crippen LogP contribution in [0.5, 0.6) is 5.75 Å². The zero-order chi connectivity index (χ0) is 18.0. The van der Waals surface area contributed by atoms with Gasteiger partial charge in [0.25, 0.3) is 5.91 Å². The first-order valence-corrected chi connectivity index (χ1v) is 9.08. The number of carbonyl (C=O) groups is 1. The monoisotopic (exact) mass is 337 g/mol. The Morgan fingerprint density at radius 2 is 1.96 bits per heavy atom. The van der Waals surface area contributed by atoms with Crippen molar-refractivity contribution in [1.82, 2.24) is 5.32 Å². The third kappa shape index (κ3) is 3.87. The molecule has 25 heavy (non-hydrogen) atoms. The van der Waals surface area contributed by atoms with Crippen LogP contribution in [0.4, 0.5) is 0 Å². The Bertz CT molecular complexity index is 782. The largest absolute Gasteiger partial charge is 0.481 e. The van der Waals surface area contributed by atoms with Crippen LogP contribution in [-0.4, -0.2) is 12.0 Å². The number of hydrogen-bond acceptors (Lipinski definition) is 2. The van der Waals surface area contributed by atoms with Gasteiger partial charge in [-0.2, -0.15) is 0 Å². The lowest BCUT2D eigenvalue weighted by Crippen LogP contribution is -2.39. The number of carbonyl (C=O) groups excluding carboxylic acids is 1. The van der Waals surface area contributed by atoms with E-state index in [1.54, 1.807) is 0 Å². The molecule has 3 heteroatoms. The topological polar surface area (TPSA) is 38.3 Å². The lowest BCUT2D eigenvalue weighted by Gasteiger charge is -2.27. The predicted octanol–water partition coefficient (Wildman–Crippen LogP) is 4.57. The van der Waals surface area contributed by atoms with Crippen LogP contribution in [0, 0.1) is 20.8 Å². The smallest absolute Gasteiger partial charge is 0.261 e. The molecule has 1 aliphatic rings. The highest BCUT2D eigenvalue weighted by Crippen LogP contribution is 2.30. The number of rotatable bonds is 4. The van der Waals surface area contributed by atoms with Gasteiger partial charge in [-0.05, 0) is 80.8 Å². The predicted molar refractivity (Wildman–Crippen MR) is 101 cm³/mol. The molecule has 0 bridgehead atoms. The Kier molecular flexibility index (Phi) is 5.12. The van der Waals surface area contributed by atoms with Gasteiger partial charge in [0.1, 0.15) is 5.75 Å². The number of aryl methyl sites for hydroxylation is 3. The van der Waals surface area contributed by atoms with Crippen molar-refractivity contribution in [3.63, 3.8) is 0 Å². The van der Waals surface area contributed by atoms with Gasteiger partial charge in [0.15, 0.2) is 6.10 Å². The van der Waals surface area contributed by atoms with Crippen molar-refractivity contribution in [1.29, 1.82) is 0 Å². The van der Waals surface area contributed by atoms with Crippen molar-refractivity contribution in [2.45, 2.75) is 59.1 Å². The Hall–Kier alpha value is -2.29. The van der Waals surface area contributed by atoms with Gasteiger partial charge in [-0.3, -0.25) is 4.79 Å². The van der Waals surface area contributed by atoms with Crippen LogP contribution in [0.1, 0.15) is 53.6 Å². The molecular formula is C22H27NO2. The highest BCUT2D eigenvalue weighted by atomic mass is 16.5. The standard InChI is InChI=1S/C22H27NO2/c1-14-12-15(2)16(3)21(13-14)25-17(4)22(24)23-20-11-7-9-18-8-5-6-10-19(18)20/h5-6,8,10,12-13,17,20H,7,9,11H2,1-4H3,(H,23,24)/t17-,20-/m0/s1. The van der Waals surface area contributed by atoms with Crippen LogP contribution in [-0.2, 0) is 11.2 Å². The van der Waals surface area contributed by atoms with E-state index in [4.69, 9.17) is 4.74 Å². The molecule has 3 nitrogen and oxygen atoms in total. The second-order valence-corrected chi connectivity index (χ2v) is 7.12. The van der Waals surface area contributed by atoms with Crippen molar-refractivity contribution >= 4 is 5.91 Å². The molecule has 0 unspecified atom stereocenters. The maximum absolute atomic E-state index is 12.7. The van der Waals surface area contributed by atoms with Crippen LogP contribution in [0.25, 0.3) is 0 Å². The van der Waals surface area contributed by atoms with Crippen LogP contribution in [0.2, 0.25) is 0 Å². The molecule has 132 valence electrons. The van der Waals surface area contributed by atoms with Crippen LogP contribution in [0.15, 0.2) is 36.4 Å². The Morgan fingerprint density at radius 3 is 2.76 bits per heavy atom. The van der Waals surface area contributed by atoms with Gasteiger partial charge in [-0.15, -0.1) is 0 Å². The average Bonchev–Trinajstić information content (AvgIpc) is 2.59. The number of ether oxygens (including phenoxy) is 1. The number of benzene rings is 2. The average molecular weight is 337 g/mol. The van der Waals surface area contributed by atoms with Gasteiger partial charge in [0.05, 0.1) is 6.04 Å². The third-order valence-electron chi connectivity index (χ3n) is 5.12. The van der Waals surface area contributed by atoms with Gasteiger partial charge < -0.3 is 10.1 Å². The van der Waals surface area contributed by atoms with Gasteiger partial charge in [-0.25, -0.2) is 0 Å². The Balaban J connectivity index is 1.70. The zero-order valence-corrected chi connectivity index (χ0v) is 15.6.